The molecule has 1 amide bonds. The Balaban J connectivity index is 1.88. The zero-order valence-corrected chi connectivity index (χ0v) is 16.9. The van der Waals surface area contributed by atoms with E-state index in [0.29, 0.717) is 46.0 Å². The first kappa shape index (κ1) is 19.3. The Morgan fingerprint density at radius 2 is 1.81 bits per heavy atom. The molecule has 0 radical (unpaired) electrons. The van der Waals surface area contributed by atoms with Crippen LogP contribution >= 0.6 is 22.9 Å². The van der Waals surface area contributed by atoms with Crippen LogP contribution in [0.1, 0.15) is 23.5 Å². The molecule has 7 heteroatoms. The zero-order valence-electron chi connectivity index (χ0n) is 15.3. The second-order valence-electron chi connectivity index (χ2n) is 5.59. The van der Waals surface area contributed by atoms with E-state index in [2.05, 4.69) is 5.32 Å². The first-order valence-electron chi connectivity index (χ1n) is 8.54. The van der Waals surface area contributed by atoms with Gasteiger partial charge in [-0.2, -0.15) is 0 Å². The normalized spacial score (nSPS) is 10.7. The van der Waals surface area contributed by atoms with Crippen molar-refractivity contribution in [2.45, 2.75) is 13.8 Å². The van der Waals surface area contributed by atoms with E-state index >= 15 is 0 Å². The maximum Gasteiger partial charge on any atom is 0.267 e. The molecule has 5 nitrogen and oxygen atoms in total. The molecule has 1 aromatic heterocycles. The number of halogens is 1. The Labute approximate surface area is 166 Å². The molecule has 27 heavy (non-hydrogen) atoms. The second kappa shape index (κ2) is 8.50. The van der Waals surface area contributed by atoms with E-state index in [-0.39, 0.29) is 5.91 Å². The van der Waals surface area contributed by atoms with Crippen molar-refractivity contribution in [3.8, 4) is 17.2 Å². The van der Waals surface area contributed by atoms with Gasteiger partial charge in [-0.05, 0) is 44.2 Å². The third-order valence-corrected chi connectivity index (χ3v) is 5.52. The lowest BCUT2D eigenvalue weighted by molar-refractivity contribution is 0.103. The minimum absolute atomic E-state index is 0.272. The molecule has 0 saturated heterocycles. The number of ether oxygens (including phenoxy) is 3. The number of carbonyl (C=O) groups excluding carboxylic acids is 1. The van der Waals surface area contributed by atoms with Gasteiger partial charge in [-0.1, -0.05) is 11.6 Å². The third kappa shape index (κ3) is 4.12. The molecule has 0 spiro atoms. The number of thiophene rings is 1. The summed E-state index contributed by atoms with van der Waals surface area (Å²) >= 11 is 7.78. The second-order valence-corrected chi connectivity index (χ2v) is 7.02. The summed E-state index contributed by atoms with van der Waals surface area (Å²) in [5.74, 6) is 1.66. The number of fused-ring (bicyclic) bond motifs is 1. The van der Waals surface area contributed by atoms with Crippen LogP contribution in [-0.4, -0.2) is 26.2 Å². The van der Waals surface area contributed by atoms with Gasteiger partial charge >= 0.3 is 0 Å². The van der Waals surface area contributed by atoms with E-state index in [0.717, 1.165) is 10.1 Å². The first-order chi connectivity index (χ1) is 13.1. The number of rotatable bonds is 7. The molecule has 0 atom stereocenters. The predicted octanol–water partition coefficient (Wildman–Crippen LogP) is 5.61. The van der Waals surface area contributed by atoms with Crippen LogP contribution in [0.2, 0.25) is 5.02 Å². The van der Waals surface area contributed by atoms with Crippen molar-refractivity contribution in [3.63, 3.8) is 0 Å². The van der Waals surface area contributed by atoms with Crippen molar-refractivity contribution in [2.75, 3.05) is 25.6 Å². The van der Waals surface area contributed by atoms with Crippen LogP contribution < -0.4 is 19.5 Å². The van der Waals surface area contributed by atoms with Gasteiger partial charge in [0.2, 0.25) is 0 Å². The lowest BCUT2D eigenvalue weighted by Crippen LogP contribution is -2.11. The Bertz CT molecular complexity index is 970. The number of hydrogen-bond acceptors (Lipinski definition) is 5. The monoisotopic (exact) mass is 405 g/mol. The molecule has 0 aliphatic rings. The average Bonchev–Trinajstić information content (AvgIpc) is 3.00. The topological polar surface area (TPSA) is 56.8 Å². The smallest absolute Gasteiger partial charge is 0.267 e. The number of methoxy groups -OCH3 is 1. The van der Waals surface area contributed by atoms with Crippen molar-refractivity contribution in [1.82, 2.24) is 0 Å². The van der Waals surface area contributed by atoms with E-state index < -0.39 is 0 Å². The van der Waals surface area contributed by atoms with Crippen molar-refractivity contribution in [2.24, 2.45) is 0 Å². The minimum atomic E-state index is -0.272. The minimum Gasteiger partial charge on any atom is -0.497 e. The fourth-order valence-electron chi connectivity index (χ4n) is 2.64. The molecule has 142 valence electrons. The van der Waals surface area contributed by atoms with Crippen LogP contribution in [0, 0.1) is 0 Å². The summed E-state index contributed by atoms with van der Waals surface area (Å²) in [7, 11) is 1.59. The number of nitrogens with one attached hydrogen (secondary N) is 1. The van der Waals surface area contributed by atoms with E-state index in [9.17, 15) is 4.79 Å². The highest BCUT2D eigenvalue weighted by Gasteiger charge is 2.18. The molecule has 0 bridgehead atoms. The summed E-state index contributed by atoms with van der Waals surface area (Å²) in [5.41, 5.74) is 0.609. The summed E-state index contributed by atoms with van der Waals surface area (Å²) in [6.45, 7) is 4.84. The lowest BCUT2D eigenvalue weighted by Gasteiger charge is -2.12. The van der Waals surface area contributed by atoms with Crippen molar-refractivity contribution < 1.29 is 19.0 Å². The van der Waals surface area contributed by atoms with Gasteiger partial charge in [0.15, 0.2) is 11.5 Å². The number of amides is 1. The van der Waals surface area contributed by atoms with Crippen LogP contribution in [0.15, 0.2) is 36.4 Å². The predicted molar refractivity (Wildman–Crippen MR) is 110 cm³/mol. The molecular formula is C20H20ClNO4S. The molecule has 0 saturated carbocycles. The summed E-state index contributed by atoms with van der Waals surface area (Å²) < 4.78 is 17.3. The SMILES string of the molecule is CCOc1ccc(NC(=O)c2sc3ccc(OC)cc3c2Cl)cc1OCC. The zero-order chi connectivity index (χ0) is 19.4. The van der Waals surface area contributed by atoms with Crippen LogP contribution in [0.25, 0.3) is 10.1 Å². The maximum atomic E-state index is 12.8. The fraction of sp³-hybridized carbons (Fsp3) is 0.250. The van der Waals surface area contributed by atoms with Crippen molar-refractivity contribution in [3.05, 3.63) is 46.3 Å². The Morgan fingerprint density at radius 3 is 2.52 bits per heavy atom. The molecule has 3 rings (SSSR count). The molecule has 0 aliphatic carbocycles. The van der Waals surface area contributed by atoms with E-state index in [1.165, 1.54) is 11.3 Å². The molecule has 0 unspecified atom stereocenters. The highest BCUT2D eigenvalue weighted by molar-refractivity contribution is 7.21. The van der Waals surface area contributed by atoms with Crippen LogP contribution in [0.3, 0.4) is 0 Å². The van der Waals surface area contributed by atoms with E-state index in [1.807, 2.05) is 32.0 Å². The van der Waals surface area contributed by atoms with E-state index in [4.69, 9.17) is 25.8 Å². The Kier molecular flexibility index (Phi) is 6.08. The highest BCUT2D eigenvalue weighted by atomic mass is 35.5. The van der Waals surface area contributed by atoms with Gasteiger partial charge in [-0.25, -0.2) is 0 Å². The lowest BCUT2D eigenvalue weighted by atomic mass is 10.2. The average molecular weight is 406 g/mol. The molecule has 3 aromatic rings. The van der Waals surface area contributed by atoms with Crippen molar-refractivity contribution >= 4 is 44.6 Å². The van der Waals surface area contributed by atoms with Gasteiger partial charge in [0.25, 0.3) is 5.91 Å². The van der Waals surface area contributed by atoms with Gasteiger partial charge in [0.1, 0.15) is 10.6 Å². The standard InChI is InChI=1S/C20H20ClNO4S/c1-4-25-15-8-6-12(10-16(15)26-5-2)22-20(23)19-18(21)14-11-13(24-3)7-9-17(14)27-19/h6-11H,4-5H2,1-3H3,(H,22,23). The van der Waals surface area contributed by atoms with Gasteiger partial charge in [0.05, 0.1) is 25.3 Å². The summed E-state index contributed by atoms with van der Waals surface area (Å²) in [6, 6.07) is 10.9. The highest BCUT2D eigenvalue weighted by Crippen LogP contribution is 2.38. The largest absolute Gasteiger partial charge is 0.497 e. The summed E-state index contributed by atoms with van der Waals surface area (Å²) in [6.07, 6.45) is 0. The van der Waals surface area contributed by atoms with Gasteiger partial charge in [-0.15, -0.1) is 11.3 Å². The summed E-state index contributed by atoms with van der Waals surface area (Å²) in [4.78, 5) is 13.2. The van der Waals surface area contributed by atoms with Crippen LogP contribution in [-0.2, 0) is 0 Å². The van der Waals surface area contributed by atoms with Gasteiger partial charge in [-0.3, -0.25) is 4.79 Å². The quantitative estimate of drug-likeness (QED) is 0.554. The molecule has 1 heterocycles. The number of carbonyl (C=O) groups is 1. The van der Waals surface area contributed by atoms with Gasteiger partial charge < -0.3 is 19.5 Å². The molecular weight excluding hydrogens is 386 g/mol. The van der Waals surface area contributed by atoms with Gasteiger partial charge in [0, 0.05) is 21.8 Å². The first-order valence-corrected chi connectivity index (χ1v) is 9.73. The third-order valence-electron chi connectivity index (χ3n) is 3.84. The Hall–Kier alpha value is -2.44. The van der Waals surface area contributed by atoms with E-state index in [1.54, 1.807) is 25.3 Å². The maximum absolute atomic E-state index is 12.8. The summed E-state index contributed by atoms with van der Waals surface area (Å²) in [5, 5.41) is 4.09. The number of anilines is 1. The molecule has 1 N–H and O–H groups in total. The van der Waals surface area contributed by atoms with Crippen molar-refractivity contribution in [1.29, 1.82) is 0 Å². The molecule has 0 aliphatic heterocycles. The molecule has 0 fully saturated rings. The Morgan fingerprint density at radius 1 is 1.07 bits per heavy atom. The molecule has 2 aromatic carbocycles. The fourth-order valence-corrected chi connectivity index (χ4v) is 4.02. The number of hydrogen-bond donors (Lipinski definition) is 1. The van der Waals surface area contributed by atoms with Crippen LogP contribution in [0.5, 0.6) is 17.2 Å². The van der Waals surface area contributed by atoms with Crippen LogP contribution in [0.4, 0.5) is 5.69 Å². The number of benzene rings is 2.